The molecule has 0 atom stereocenters. The van der Waals surface area contributed by atoms with Gasteiger partial charge in [-0.05, 0) is 24.3 Å². The first-order chi connectivity index (χ1) is 10.8. The van der Waals surface area contributed by atoms with Crippen LogP contribution in [-0.2, 0) is 11.2 Å². The van der Waals surface area contributed by atoms with Crippen LogP contribution in [0.2, 0.25) is 0 Å². The molecule has 3 aromatic heterocycles. The van der Waals surface area contributed by atoms with Crippen LogP contribution in [0.5, 0.6) is 0 Å². The highest BCUT2D eigenvalue weighted by Crippen LogP contribution is 2.40. The van der Waals surface area contributed by atoms with Gasteiger partial charge in [0.1, 0.15) is 11.4 Å². The van der Waals surface area contributed by atoms with Crippen LogP contribution in [0.15, 0.2) is 34.8 Å². The Balaban J connectivity index is 1.69. The van der Waals surface area contributed by atoms with Crippen molar-refractivity contribution in [2.75, 3.05) is 0 Å². The normalized spacial score (nSPS) is 17.6. The van der Waals surface area contributed by atoms with Gasteiger partial charge in [-0.1, -0.05) is 6.07 Å². The number of nitrogens with zero attached hydrogens (tertiary/aromatic N) is 4. The molecule has 4 heterocycles. The van der Waals surface area contributed by atoms with Gasteiger partial charge in [-0.2, -0.15) is 5.10 Å². The minimum atomic E-state index is 0.0471. The van der Waals surface area contributed by atoms with Crippen molar-refractivity contribution in [1.82, 2.24) is 14.6 Å². The second kappa shape index (κ2) is 4.33. The predicted molar refractivity (Wildman–Crippen MR) is 84.2 cm³/mol. The molecule has 3 aromatic rings. The molecule has 0 radical (unpaired) electrons. The minimum absolute atomic E-state index is 0.0471. The van der Waals surface area contributed by atoms with E-state index in [-0.39, 0.29) is 5.78 Å². The zero-order chi connectivity index (χ0) is 14.7. The van der Waals surface area contributed by atoms with Crippen LogP contribution in [0.3, 0.4) is 0 Å². The SMILES string of the molecule is O=C1Cc2c(cnc3cc(C4CC4)nn23)N=C1c1cccs1. The van der Waals surface area contributed by atoms with Crippen molar-refractivity contribution in [3.63, 3.8) is 0 Å². The van der Waals surface area contributed by atoms with E-state index in [9.17, 15) is 4.79 Å². The van der Waals surface area contributed by atoms with Crippen LogP contribution in [0, 0.1) is 0 Å². The van der Waals surface area contributed by atoms with E-state index in [2.05, 4.69) is 15.1 Å². The first-order valence-electron chi connectivity index (χ1n) is 7.33. The van der Waals surface area contributed by atoms with Gasteiger partial charge < -0.3 is 0 Å². The molecule has 2 aliphatic rings. The lowest BCUT2D eigenvalue weighted by atomic mass is 10.0. The predicted octanol–water partition coefficient (Wildman–Crippen LogP) is 2.91. The average molecular weight is 308 g/mol. The van der Waals surface area contributed by atoms with Gasteiger partial charge in [0.25, 0.3) is 0 Å². The Bertz CT molecular complexity index is 935. The van der Waals surface area contributed by atoms with E-state index in [0.717, 1.165) is 27.6 Å². The molecule has 1 aliphatic heterocycles. The number of hydrogen-bond donors (Lipinski definition) is 0. The third kappa shape index (κ3) is 1.77. The van der Waals surface area contributed by atoms with E-state index in [1.807, 2.05) is 23.6 Å². The van der Waals surface area contributed by atoms with Crippen LogP contribution >= 0.6 is 11.3 Å². The number of thiophene rings is 1. The molecule has 108 valence electrons. The van der Waals surface area contributed by atoms with Crippen molar-refractivity contribution >= 4 is 34.2 Å². The molecule has 0 unspecified atom stereocenters. The second-order valence-corrected chi connectivity index (χ2v) is 6.69. The molecule has 1 saturated carbocycles. The van der Waals surface area contributed by atoms with E-state index in [4.69, 9.17) is 0 Å². The van der Waals surface area contributed by atoms with Gasteiger partial charge in [0, 0.05) is 12.0 Å². The molecular formula is C16H12N4OS. The summed E-state index contributed by atoms with van der Waals surface area (Å²) in [5.41, 5.74) is 4.03. The zero-order valence-corrected chi connectivity index (χ0v) is 12.5. The number of carbonyl (C=O) groups is 1. The number of aromatic nitrogens is 3. The number of fused-ring (bicyclic) bond motifs is 3. The highest BCUT2D eigenvalue weighted by Gasteiger charge is 2.29. The fourth-order valence-corrected chi connectivity index (χ4v) is 3.58. The van der Waals surface area contributed by atoms with E-state index in [0.29, 0.717) is 18.1 Å². The number of rotatable bonds is 2. The Labute approximate surface area is 130 Å². The van der Waals surface area contributed by atoms with Crippen LogP contribution in [0.1, 0.15) is 35.0 Å². The Morgan fingerprint density at radius 2 is 2.23 bits per heavy atom. The smallest absolute Gasteiger partial charge is 0.188 e. The Hall–Kier alpha value is -2.34. The van der Waals surface area contributed by atoms with E-state index in [1.54, 1.807) is 10.7 Å². The maximum atomic E-state index is 12.5. The maximum Gasteiger partial charge on any atom is 0.188 e. The number of hydrogen-bond acceptors (Lipinski definition) is 5. The summed E-state index contributed by atoms with van der Waals surface area (Å²) in [5.74, 6) is 0.618. The van der Waals surface area contributed by atoms with Gasteiger partial charge in [0.05, 0.1) is 28.9 Å². The third-order valence-corrected chi connectivity index (χ3v) is 5.03. The molecule has 0 aromatic carbocycles. The fourth-order valence-electron chi connectivity index (χ4n) is 2.85. The summed E-state index contributed by atoms with van der Waals surface area (Å²) in [4.78, 5) is 22.4. The summed E-state index contributed by atoms with van der Waals surface area (Å²) in [5, 5.41) is 6.60. The van der Waals surface area contributed by atoms with Crippen molar-refractivity contribution in [3.8, 4) is 0 Å². The van der Waals surface area contributed by atoms with Crippen molar-refractivity contribution < 1.29 is 4.79 Å². The molecule has 1 fully saturated rings. The molecule has 22 heavy (non-hydrogen) atoms. The summed E-state index contributed by atoms with van der Waals surface area (Å²) in [6.07, 6.45) is 4.48. The molecule has 0 N–H and O–H groups in total. The van der Waals surface area contributed by atoms with E-state index >= 15 is 0 Å². The van der Waals surface area contributed by atoms with Crippen molar-refractivity contribution in [2.45, 2.75) is 25.2 Å². The number of ketones is 1. The van der Waals surface area contributed by atoms with Crippen LogP contribution in [0.4, 0.5) is 5.69 Å². The molecule has 6 heteroatoms. The number of Topliss-reactive ketones (excluding diaryl/α,β-unsaturated/α-hetero) is 1. The maximum absolute atomic E-state index is 12.5. The first kappa shape index (κ1) is 12.2. The highest BCUT2D eigenvalue weighted by atomic mass is 32.1. The zero-order valence-electron chi connectivity index (χ0n) is 11.7. The summed E-state index contributed by atoms with van der Waals surface area (Å²) < 4.78 is 1.80. The largest absolute Gasteiger partial charge is 0.292 e. The van der Waals surface area contributed by atoms with E-state index < -0.39 is 0 Å². The number of carbonyl (C=O) groups excluding carboxylic acids is 1. The van der Waals surface area contributed by atoms with Gasteiger partial charge in [-0.25, -0.2) is 14.5 Å². The van der Waals surface area contributed by atoms with Gasteiger partial charge in [-0.15, -0.1) is 11.3 Å². The van der Waals surface area contributed by atoms with Crippen molar-refractivity contribution in [2.24, 2.45) is 4.99 Å². The first-order valence-corrected chi connectivity index (χ1v) is 8.21. The summed E-state index contributed by atoms with van der Waals surface area (Å²) >= 11 is 1.53. The Morgan fingerprint density at radius 3 is 3.00 bits per heavy atom. The minimum Gasteiger partial charge on any atom is -0.292 e. The van der Waals surface area contributed by atoms with Crippen LogP contribution < -0.4 is 0 Å². The van der Waals surface area contributed by atoms with Gasteiger partial charge in [0.2, 0.25) is 0 Å². The highest BCUT2D eigenvalue weighted by molar-refractivity contribution is 7.13. The van der Waals surface area contributed by atoms with Gasteiger partial charge in [0.15, 0.2) is 11.4 Å². The van der Waals surface area contributed by atoms with Crippen LogP contribution in [0.25, 0.3) is 5.65 Å². The standard InChI is InChI=1S/C16H12N4OS/c21-13-7-12-11(18-16(13)14-2-1-5-22-14)8-17-15-6-10(9-3-4-9)19-20(12)15/h1-2,5-6,8-9H,3-4,7H2. The topological polar surface area (TPSA) is 59.6 Å². The third-order valence-electron chi connectivity index (χ3n) is 4.15. The Kier molecular flexibility index (Phi) is 2.41. The van der Waals surface area contributed by atoms with Crippen LogP contribution in [-0.4, -0.2) is 26.1 Å². The Morgan fingerprint density at radius 1 is 1.32 bits per heavy atom. The molecule has 5 rings (SSSR count). The lowest BCUT2D eigenvalue weighted by Crippen LogP contribution is -2.22. The quantitative estimate of drug-likeness (QED) is 0.731. The average Bonchev–Trinajstić information content (AvgIpc) is 3.07. The molecule has 0 spiro atoms. The van der Waals surface area contributed by atoms with Crippen molar-refractivity contribution in [3.05, 3.63) is 46.0 Å². The fraction of sp³-hybridized carbons (Fsp3) is 0.250. The lowest BCUT2D eigenvalue weighted by Gasteiger charge is -2.14. The molecule has 0 bridgehead atoms. The number of aliphatic imine (C=N–C) groups is 1. The second-order valence-electron chi connectivity index (χ2n) is 5.74. The summed E-state index contributed by atoms with van der Waals surface area (Å²) in [6, 6.07) is 5.89. The molecule has 0 amide bonds. The summed E-state index contributed by atoms with van der Waals surface area (Å²) in [7, 11) is 0. The summed E-state index contributed by atoms with van der Waals surface area (Å²) in [6.45, 7) is 0. The van der Waals surface area contributed by atoms with Gasteiger partial charge >= 0.3 is 0 Å². The van der Waals surface area contributed by atoms with Crippen molar-refractivity contribution in [1.29, 1.82) is 0 Å². The monoisotopic (exact) mass is 308 g/mol. The molecule has 1 aliphatic carbocycles. The van der Waals surface area contributed by atoms with Gasteiger partial charge in [-0.3, -0.25) is 4.79 Å². The molecule has 5 nitrogen and oxygen atoms in total. The molecular weight excluding hydrogens is 296 g/mol. The molecule has 0 saturated heterocycles. The lowest BCUT2D eigenvalue weighted by molar-refractivity contribution is -0.112. The van der Waals surface area contributed by atoms with E-state index in [1.165, 1.54) is 24.2 Å².